The minimum atomic E-state index is -0.445. The summed E-state index contributed by atoms with van der Waals surface area (Å²) in [4.78, 5) is 12.5. The zero-order valence-corrected chi connectivity index (χ0v) is 11.8. The summed E-state index contributed by atoms with van der Waals surface area (Å²) in [5.74, 6) is 0.835. The van der Waals surface area contributed by atoms with Gasteiger partial charge in [-0.3, -0.25) is 0 Å². The summed E-state index contributed by atoms with van der Waals surface area (Å²) in [6, 6.07) is 13.1. The molecule has 0 radical (unpaired) electrons. The first-order chi connectivity index (χ1) is 10.1. The van der Waals surface area contributed by atoms with Gasteiger partial charge >= 0.3 is 5.63 Å². The molecule has 4 nitrogen and oxygen atoms in total. The molecule has 0 aliphatic carbocycles. The van der Waals surface area contributed by atoms with Gasteiger partial charge in [0.2, 0.25) is 0 Å². The summed E-state index contributed by atoms with van der Waals surface area (Å²) in [5, 5.41) is 19.7. The summed E-state index contributed by atoms with van der Waals surface area (Å²) >= 11 is 1.51. The van der Waals surface area contributed by atoms with Crippen LogP contribution in [0.2, 0.25) is 0 Å². The van der Waals surface area contributed by atoms with E-state index < -0.39 is 5.63 Å². The van der Waals surface area contributed by atoms with Gasteiger partial charge in [0.1, 0.15) is 17.1 Å². The van der Waals surface area contributed by atoms with Gasteiger partial charge in [-0.25, -0.2) is 4.79 Å². The van der Waals surface area contributed by atoms with E-state index in [4.69, 9.17) is 4.42 Å². The third-order valence-corrected chi connectivity index (χ3v) is 4.07. The molecule has 0 bridgehead atoms. The Kier molecular flexibility index (Phi) is 3.58. The molecule has 0 amide bonds. The van der Waals surface area contributed by atoms with Gasteiger partial charge < -0.3 is 14.6 Å². The van der Waals surface area contributed by atoms with Gasteiger partial charge in [0.15, 0.2) is 0 Å². The normalized spacial score (nSPS) is 10.9. The summed E-state index contributed by atoms with van der Waals surface area (Å²) in [6.45, 7) is 0. The second-order valence-electron chi connectivity index (χ2n) is 4.56. The first-order valence-corrected chi connectivity index (χ1v) is 7.28. The minimum absolute atomic E-state index is 0.0587. The van der Waals surface area contributed by atoms with Gasteiger partial charge in [0.25, 0.3) is 0 Å². The monoisotopic (exact) mass is 300 g/mol. The maximum atomic E-state index is 11.6. The van der Waals surface area contributed by atoms with Crippen molar-refractivity contribution < 1.29 is 14.6 Å². The van der Waals surface area contributed by atoms with E-state index in [1.807, 2.05) is 6.07 Å². The summed E-state index contributed by atoms with van der Waals surface area (Å²) in [6.07, 6.45) is 0. The first kappa shape index (κ1) is 13.6. The lowest BCUT2D eigenvalue weighted by molar-refractivity contribution is 0.472. The van der Waals surface area contributed by atoms with Crippen LogP contribution in [-0.2, 0) is 5.75 Å². The van der Waals surface area contributed by atoms with Crippen molar-refractivity contribution in [2.24, 2.45) is 0 Å². The van der Waals surface area contributed by atoms with Crippen molar-refractivity contribution in [3.05, 3.63) is 64.5 Å². The van der Waals surface area contributed by atoms with E-state index >= 15 is 0 Å². The molecule has 0 saturated carbocycles. The highest BCUT2D eigenvalue weighted by molar-refractivity contribution is 7.98. The summed E-state index contributed by atoms with van der Waals surface area (Å²) in [5.41, 5.74) is 0.753. The molecule has 0 aliphatic rings. The number of hydrogen-bond acceptors (Lipinski definition) is 5. The Labute approximate surface area is 124 Å². The number of rotatable bonds is 3. The predicted octanol–water partition coefficient (Wildman–Crippen LogP) is 3.50. The molecule has 2 N–H and O–H groups in total. The van der Waals surface area contributed by atoms with E-state index in [0.717, 1.165) is 15.8 Å². The molecule has 0 saturated heterocycles. The number of aromatic hydroxyl groups is 2. The van der Waals surface area contributed by atoms with E-state index in [1.165, 1.54) is 23.9 Å². The van der Waals surface area contributed by atoms with Crippen LogP contribution in [0.5, 0.6) is 11.5 Å². The molecule has 0 atom stereocenters. The van der Waals surface area contributed by atoms with Crippen LogP contribution in [0.25, 0.3) is 11.0 Å². The van der Waals surface area contributed by atoms with E-state index in [2.05, 4.69) is 0 Å². The van der Waals surface area contributed by atoms with Gasteiger partial charge in [-0.1, -0.05) is 6.07 Å². The second-order valence-corrected chi connectivity index (χ2v) is 5.61. The fraction of sp³-hybridized carbons (Fsp3) is 0.0625. The van der Waals surface area contributed by atoms with Crippen LogP contribution in [0.3, 0.4) is 0 Å². The molecule has 3 rings (SSSR count). The van der Waals surface area contributed by atoms with E-state index in [0.29, 0.717) is 11.3 Å². The molecule has 0 unspecified atom stereocenters. The van der Waals surface area contributed by atoms with Crippen LogP contribution in [0.15, 0.2) is 62.6 Å². The van der Waals surface area contributed by atoms with Gasteiger partial charge in [0.05, 0.1) is 0 Å². The summed E-state index contributed by atoms with van der Waals surface area (Å²) in [7, 11) is 0. The smallest absolute Gasteiger partial charge is 0.336 e. The highest BCUT2D eigenvalue weighted by Crippen LogP contribution is 2.29. The molecule has 1 aromatic heterocycles. The quantitative estimate of drug-likeness (QED) is 0.572. The molecule has 21 heavy (non-hydrogen) atoms. The fourth-order valence-electron chi connectivity index (χ4n) is 2.07. The lowest BCUT2D eigenvalue weighted by atomic mass is 10.1. The van der Waals surface area contributed by atoms with Crippen molar-refractivity contribution in [3.63, 3.8) is 0 Å². The molecule has 5 heteroatoms. The zero-order chi connectivity index (χ0) is 14.8. The number of hydrogen-bond donors (Lipinski definition) is 2. The molecular weight excluding hydrogens is 288 g/mol. The van der Waals surface area contributed by atoms with Gasteiger partial charge in [-0.05, 0) is 35.9 Å². The highest BCUT2D eigenvalue weighted by atomic mass is 32.2. The third kappa shape index (κ3) is 3.03. The van der Waals surface area contributed by atoms with E-state index in [9.17, 15) is 15.0 Å². The number of phenols is 2. The standard InChI is InChI=1S/C16H12O4S/c17-11-2-1-3-13(7-11)21-9-10-6-16(19)20-15-8-12(18)4-5-14(10)15/h1-8,17-18H,9H2. The molecular formula is C16H12O4S. The number of benzene rings is 2. The Morgan fingerprint density at radius 2 is 1.81 bits per heavy atom. The van der Waals surface area contributed by atoms with E-state index in [1.54, 1.807) is 30.3 Å². The van der Waals surface area contributed by atoms with E-state index in [-0.39, 0.29) is 11.5 Å². The lowest BCUT2D eigenvalue weighted by Crippen LogP contribution is -1.99. The highest BCUT2D eigenvalue weighted by Gasteiger charge is 2.07. The first-order valence-electron chi connectivity index (χ1n) is 6.29. The average molecular weight is 300 g/mol. The van der Waals surface area contributed by atoms with Crippen LogP contribution in [0, 0.1) is 0 Å². The maximum Gasteiger partial charge on any atom is 0.336 e. The topological polar surface area (TPSA) is 70.7 Å². The average Bonchev–Trinajstić information content (AvgIpc) is 2.44. The Hall–Kier alpha value is -2.40. The number of fused-ring (bicyclic) bond motifs is 1. The van der Waals surface area contributed by atoms with Gasteiger partial charge in [0, 0.05) is 28.2 Å². The van der Waals surface area contributed by atoms with Crippen LogP contribution < -0.4 is 5.63 Å². The Balaban J connectivity index is 1.95. The van der Waals surface area contributed by atoms with Crippen molar-refractivity contribution in [2.45, 2.75) is 10.6 Å². The number of phenolic OH excluding ortho intramolecular Hbond substituents is 2. The van der Waals surface area contributed by atoms with Crippen LogP contribution in [0.1, 0.15) is 5.56 Å². The molecule has 2 aromatic carbocycles. The molecule has 0 fully saturated rings. The van der Waals surface area contributed by atoms with Crippen molar-refractivity contribution in [1.82, 2.24) is 0 Å². The van der Waals surface area contributed by atoms with Crippen LogP contribution >= 0.6 is 11.8 Å². The van der Waals surface area contributed by atoms with Crippen molar-refractivity contribution in [3.8, 4) is 11.5 Å². The predicted molar refractivity (Wildman–Crippen MR) is 81.8 cm³/mol. The fourth-order valence-corrected chi connectivity index (χ4v) is 3.01. The van der Waals surface area contributed by atoms with Crippen molar-refractivity contribution >= 4 is 22.7 Å². The number of thioether (sulfide) groups is 1. The van der Waals surface area contributed by atoms with Gasteiger partial charge in [-0.2, -0.15) is 0 Å². The van der Waals surface area contributed by atoms with Gasteiger partial charge in [-0.15, -0.1) is 11.8 Å². The Morgan fingerprint density at radius 1 is 1.00 bits per heavy atom. The Morgan fingerprint density at radius 3 is 2.62 bits per heavy atom. The molecule has 106 valence electrons. The minimum Gasteiger partial charge on any atom is -0.508 e. The second kappa shape index (κ2) is 5.54. The maximum absolute atomic E-state index is 11.6. The van der Waals surface area contributed by atoms with Crippen LogP contribution in [0.4, 0.5) is 0 Å². The largest absolute Gasteiger partial charge is 0.508 e. The zero-order valence-electron chi connectivity index (χ0n) is 10.9. The lowest BCUT2D eigenvalue weighted by Gasteiger charge is -2.06. The van der Waals surface area contributed by atoms with Crippen LogP contribution in [-0.4, -0.2) is 10.2 Å². The molecule has 1 heterocycles. The molecule has 3 aromatic rings. The Bertz CT molecular complexity index is 854. The van der Waals surface area contributed by atoms with Crippen molar-refractivity contribution in [2.75, 3.05) is 0 Å². The summed E-state index contributed by atoms with van der Waals surface area (Å²) < 4.78 is 5.09. The third-order valence-electron chi connectivity index (χ3n) is 3.03. The molecule has 0 spiro atoms. The van der Waals surface area contributed by atoms with Crippen molar-refractivity contribution in [1.29, 1.82) is 0 Å². The SMILES string of the molecule is O=c1cc(CSc2cccc(O)c2)c2ccc(O)cc2o1. The molecule has 0 aliphatic heterocycles.